The van der Waals surface area contributed by atoms with Crippen LogP contribution >= 0.6 is 0 Å². The molecule has 25 heavy (non-hydrogen) atoms. The summed E-state index contributed by atoms with van der Waals surface area (Å²) < 4.78 is 17.1. The number of benzene rings is 1. The number of hydrogen-bond donors (Lipinski definition) is 0. The standard InChI is InChI=1S/C19H24BNO4/c1-13-10-16(21-23-13)12-17(22)11-14-6-8-15(9-7-14)20-24-18(2,3)19(4,5)25-20/h6-10H,11-12H2,1-5H3. The van der Waals surface area contributed by atoms with Crippen LogP contribution in [0.2, 0.25) is 0 Å². The van der Waals surface area contributed by atoms with Gasteiger partial charge in [-0.2, -0.15) is 0 Å². The Morgan fingerprint density at radius 3 is 2.16 bits per heavy atom. The third-order valence-electron chi connectivity index (χ3n) is 4.96. The van der Waals surface area contributed by atoms with Gasteiger partial charge in [0.2, 0.25) is 0 Å². The number of nitrogens with zero attached hydrogens (tertiary/aromatic N) is 1. The van der Waals surface area contributed by atoms with Gasteiger partial charge in [-0.05, 0) is 45.6 Å². The molecule has 2 aromatic rings. The SMILES string of the molecule is Cc1cc(CC(=O)Cc2ccc(B3OC(C)(C)C(C)(C)O3)cc2)no1. The highest BCUT2D eigenvalue weighted by Crippen LogP contribution is 2.36. The Morgan fingerprint density at radius 1 is 1.04 bits per heavy atom. The first kappa shape index (κ1) is 17.9. The molecule has 1 saturated heterocycles. The maximum Gasteiger partial charge on any atom is 0.494 e. The van der Waals surface area contributed by atoms with E-state index in [2.05, 4.69) is 5.16 Å². The molecule has 0 N–H and O–H groups in total. The summed E-state index contributed by atoms with van der Waals surface area (Å²) in [6, 6.07) is 9.62. The van der Waals surface area contributed by atoms with Crippen LogP contribution in [0.5, 0.6) is 0 Å². The molecule has 0 unspecified atom stereocenters. The summed E-state index contributed by atoms with van der Waals surface area (Å²) in [6.45, 7) is 9.95. The van der Waals surface area contributed by atoms with E-state index in [1.165, 1.54) is 0 Å². The van der Waals surface area contributed by atoms with Crippen LogP contribution in [0.1, 0.15) is 44.7 Å². The van der Waals surface area contributed by atoms with Gasteiger partial charge >= 0.3 is 7.12 Å². The van der Waals surface area contributed by atoms with Crippen LogP contribution in [0.25, 0.3) is 0 Å². The van der Waals surface area contributed by atoms with Gasteiger partial charge in [0.25, 0.3) is 0 Å². The largest absolute Gasteiger partial charge is 0.494 e. The van der Waals surface area contributed by atoms with Crippen LogP contribution in [0.15, 0.2) is 34.9 Å². The Labute approximate surface area is 148 Å². The van der Waals surface area contributed by atoms with Crippen LogP contribution in [0.4, 0.5) is 0 Å². The first-order chi connectivity index (χ1) is 11.7. The highest BCUT2D eigenvalue weighted by molar-refractivity contribution is 6.62. The van der Waals surface area contributed by atoms with Gasteiger partial charge in [-0.1, -0.05) is 29.4 Å². The van der Waals surface area contributed by atoms with E-state index in [9.17, 15) is 4.79 Å². The lowest BCUT2D eigenvalue weighted by atomic mass is 9.78. The molecule has 6 heteroatoms. The number of carbonyl (C=O) groups is 1. The molecule has 132 valence electrons. The summed E-state index contributed by atoms with van der Waals surface area (Å²) >= 11 is 0. The number of carbonyl (C=O) groups excluding carboxylic acids is 1. The molecule has 1 aromatic heterocycles. The first-order valence-corrected chi connectivity index (χ1v) is 8.55. The summed E-state index contributed by atoms with van der Waals surface area (Å²) in [5, 5.41) is 3.86. The van der Waals surface area contributed by atoms with Crippen molar-refractivity contribution in [3.8, 4) is 0 Å². The number of Topliss-reactive ketones (excluding diaryl/α,β-unsaturated/α-hetero) is 1. The molecule has 1 fully saturated rings. The number of rotatable bonds is 5. The van der Waals surface area contributed by atoms with E-state index in [0.717, 1.165) is 16.8 Å². The van der Waals surface area contributed by atoms with Crippen molar-refractivity contribution in [2.24, 2.45) is 0 Å². The molecule has 0 amide bonds. The number of hydrogen-bond acceptors (Lipinski definition) is 5. The highest BCUT2D eigenvalue weighted by Gasteiger charge is 2.51. The van der Waals surface area contributed by atoms with Gasteiger partial charge in [0, 0.05) is 12.5 Å². The third kappa shape index (κ3) is 3.85. The van der Waals surface area contributed by atoms with Gasteiger partial charge in [-0.25, -0.2) is 0 Å². The molecule has 5 nitrogen and oxygen atoms in total. The van der Waals surface area contributed by atoms with Gasteiger partial charge in [-0.15, -0.1) is 0 Å². The second-order valence-electron chi connectivity index (χ2n) is 7.65. The Hall–Kier alpha value is -1.92. The van der Waals surface area contributed by atoms with Crippen molar-refractivity contribution in [1.82, 2.24) is 5.16 Å². The molecular formula is C19H24BNO4. The van der Waals surface area contributed by atoms with Crippen molar-refractivity contribution in [3.05, 3.63) is 47.3 Å². The topological polar surface area (TPSA) is 61.6 Å². The van der Waals surface area contributed by atoms with Crippen LogP contribution in [0, 0.1) is 6.92 Å². The molecule has 0 spiro atoms. The predicted molar refractivity (Wildman–Crippen MR) is 95.8 cm³/mol. The molecule has 0 saturated carbocycles. The van der Waals surface area contributed by atoms with Gasteiger partial charge in [-0.3, -0.25) is 4.79 Å². The molecule has 1 aromatic carbocycles. The maximum absolute atomic E-state index is 12.2. The normalized spacial score (nSPS) is 18.5. The fourth-order valence-corrected chi connectivity index (χ4v) is 2.77. The van der Waals surface area contributed by atoms with E-state index in [-0.39, 0.29) is 30.5 Å². The van der Waals surface area contributed by atoms with E-state index in [0.29, 0.717) is 12.1 Å². The van der Waals surface area contributed by atoms with Crippen molar-refractivity contribution in [3.63, 3.8) is 0 Å². The van der Waals surface area contributed by atoms with E-state index in [4.69, 9.17) is 13.8 Å². The quantitative estimate of drug-likeness (QED) is 0.783. The minimum atomic E-state index is -0.382. The summed E-state index contributed by atoms with van der Waals surface area (Å²) in [4.78, 5) is 12.2. The van der Waals surface area contributed by atoms with Gasteiger partial charge in [0.15, 0.2) is 0 Å². The van der Waals surface area contributed by atoms with E-state index in [1.54, 1.807) is 6.07 Å². The zero-order chi connectivity index (χ0) is 18.2. The molecule has 0 aliphatic carbocycles. The highest BCUT2D eigenvalue weighted by atomic mass is 16.7. The van der Waals surface area contributed by atoms with Crippen molar-refractivity contribution >= 4 is 18.4 Å². The van der Waals surface area contributed by atoms with Crippen LogP contribution in [0.3, 0.4) is 0 Å². The summed E-state index contributed by atoms with van der Waals surface area (Å²) in [7, 11) is -0.382. The third-order valence-corrected chi connectivity index (χ3v) is 4.96. The van der Waals surface area contributed by atoms with E-state index >= 15 is 0 Å². The minimum Gasteiger partial charge on any atom is -0.399 e. The van der Waals surface area contributed by atoms with Crippen molar-refractivity contribution in [2.45, 2.75) is 58.7 Å². The van der Waals surface area contributed by atoms with Crippen LogP contribution in [-0.2, 0) is 26.9 Å². The van der Waals surface area contributed by atoms with Crippen molar-refractivity contribution in [1.29, 1.82) is 0 Å². The van der Waals surface area contributed by atoms with Gasteiger partial charge in [0.1, 0.15) is 11.5 Å². The summed E-state index contributed by atoms with van der Waals surface area (Å²) in [6.07, 6.45) is 0.659. The minimum absolute atomic E-state index is 0.108. The van der Waals surface area contributed by atoms with Gasteiger partial charge < -0.3 is 13.8 Å². The van der Waals surface area contributed by atoms with E-state index in [1.807, 2.05) is 58.9 Å². The Kier molecular flexibility index (Phi) is 4.60. The lowest BCUT2D eigenvalue weighted by molar-refractivity contribution is -0.117. The summed E-state index contributed by atoms with van der Waals surface area (Å²) in [5.41, 5.74) is 1.88. The molecule has 0 bridgehead atoms. The average Bonchev–Trinajstić information content (AvgIpc) is 3.00. The smallest absolute Gasteiger partial charge is 0.399 e. The fourth-order valence-electron chi connectivity index (χ4n) is 2.77. The monoisotopic (exact) mass is 341 g/mol. The molecule has 1 aliphatic heterocycles. The zero-order valence-electron chi connectivity index (χ0n) is 15.5. The average molecular weight is 341 g/mol. The number of aryl methyl sites for hydroxylation is 1. The van der Waals surface area contributed by atoms with Crippen LogP contribution in [-0.4, -0.2) is 29.3 Å². The van der Waals surface area contributed by atoms with Crippen LogP contribution < -0.4 is 5.46 Å². The Morgan fingerprint density at radius 2 is 1.64 bits per heavy atom. The zero-order valence-corrected chi connectivity index (χ0v) is 15.5. The molecule has 3 rings (SSSR count). The lowest BCUT2D eigenvalue weighted by Gasteiger charge is -2.32. The fraction of sp³-hybridized carbons (Fsp3) is 0.474. The first-order valence-electron chi connectivity index (χ1n) is 8.55. The molecular weight excluding hydrogens is 317 g/mol. The predicted octanol–water partition coefficient (Wildman–Crippen LogP) is 2.64. The molecule has 0 radical (unpaired) electrons. The lowest BCUT2D eigenvalue weighted by Crippen LogP contribution is -2.41. The summed E-state index contributed by atoms with van der Waals surface area (Å²) in [5.74, 6) is 0.825. The Balaban J connectivity index is 1.62. The Bertz CT molecular complexity index is 748. The van der Waals surface area contributed by atoms with Crippen molar-refractivity contribution < 1.29 is 18.6 Å². The van der Waals surface area contributed by atoms with E-state index < -0.39 is 0 Å². The van der Waals surface area contributed by atoms with Crippen molar-refractivity contribution in [2.75, 3.05) is 0 Å². The maximum atomic E-state index is 12.2. The molecule has 2 heterocycles. The van der Waals surface area contributed by atoms with Gasteiger partial charge in [0.05, 0.1) is 23.3 Å². The molecule has 0 atom stereocenters. The number of ketones is 1. The second kappa shape index (κ2) is 6.43. The second-order valence-corrected chi connectivity index (χ2v) is 7.65. The molecule has 1 aliphatic rings. The number of aromatic nitrogens is 1.